The Morgan fingerprint density at radius 2 is 2.16 bits per heavy atom. The molecular formula is C15H21BrO3. The largest absolute Gasteiger partial charge is 0.488 e. The van der Waals surface area contributed by atoms with Crippen LogP contribution in [-0.2, 0) is 15.9 Å². The summed E-state index contributed by atoms with van der Waals surface area (Å²) in [6.07, 6.45) is 2.25. The van der Waals surface area contributed by atoms with E-state index in [2.05, 4.69) is 35.0 Å². The molecule has 0 saturated heterocycles. The van der Waals surface area contributed by atoms with Gasteiger partial charge in [-0.25, -0.2) is 0 Å². The van der Waals surface area contributed by atoms with Gasteiger partial charge in [-0.05, 0) is 24.1 Å². The Morgan fingerprint density at radius 1 is 1.32 bits per heavy atom. The van der Waals surface area contributed by atoms with Crippen molar-refractivity contribution in [3.8, 4) is 5.75 Å². The molecule has 0 bridgehead atoms. The average molecular weight is 329 g/mol. The molecule has 0 aliphatic heterocycles. The van der Waals surface area contributed by atoms with E-state index in [4.69, 9.17) is 14.2 Å². The van der Waals surface area contributed by atoms with Gasteiger partial charge in [0.2, 0.25) is 0 Å². The van der Waals surface area contributed by atoms with Crippen molar-refractivity contribution >= 4 is 15.9 Å². The summed E-state index contributed by atoms with van der Waals surface area (Å²) in [6.45, 7) is 3.38. The number of methoxy groups -OCH3 is 1. The van der Waals surface area contributed by atoms with E-state index < -0.39 is 0 Å². The fourth-order valence-electron chi connectivity index (χ4n) is 2.14. The zero-order chi connectivity index (χ0) is 13.7. The molecule has 3 unspecified atom stereocenters. The Labute approximate surface area is 123 Å². The Morgan fingerprint density at radius 3 is 2.84 bits per heavy atom. The van der Waals surface area contributed by atoms with Crippen LogP contribution in [0.3, 0.4) is 0 Å². The molecule has 1 fully saturated rings. The minimum Gasteiger partial charge on any atom is -0.488 e. The van der Waals surface area contributed by atoms with E-state index in [1.165, 1.54) is 5.56 Å². The second-order valence-corrected chi connectivity index (χ2v) is 5.91. The molecule has 3 atom stereocenters. The molecule has 1 aliphatic rings. The molecule has 1 aromatic carbocycles. The molecule has 1 aliphatic carbocycles. The van der Waals surface area contributed by atoms with E-state index >= 15 is 0 Å². The van der Waals surface area contributed by atoms with Crippen LogP contribution in [0.25, 0.3) is 0 Å². The van der Waals surface area contributed by atoms with Gasteiger partial charge in [0.15, 0.2) is 0 Å². The van der Waals surface area contributed by atoms with Gasteiger partial charge in [-0.3, -0.25) is 0 Å². The molecule has 0 aromatic heterocycles. The fraction of sp³-hybridized carbons (Fsp3) is 0.600. The number of halogens is 1. The molecule has 0 amide bonds. The minimum absolute atomic E-state index is 0.112. The van der Waals surface area contributed by atoms with Crippen LogP contribution in [-0.4, -0.2) is 37.4 Å². The molecule has 0 radical (unpaired) electrons. The van der Waals surface area contributed by atoms with Crippen molar-refractivity contribution in [3.63, 3.8) is 0 Å². The number of ether oxygens (including phenoxy) is 3. The first-order chi connectivity index (χ1) is 9.24. The lowest BCUT2D eigenvalue weighted by Crippen LogP contribution is -2.52. The zero-order valence-corrected chi connectivity index (χ0v) is 13.1. The van der Waals surface area contributed by atoms with Crippen LogP contribution in [0.5, 0.6) is 5.75 Å². The Balaban J connectivity index is 1.87. The van der Waals surface area contributed by atoms with Crippen LogP contribution < -0.4 is 4.74 Å². The van der Waals surface area contributed by atoms with Gasteiger partial charge in [0.1, 0.15) is 18.0 Å². The average Bonchev–Trinajstić information content (AvgIpc) is 2.43. The first-order valence-corrected chi connectivity index (χ1v) is 7.66. The predicted octanol–water partition coefficient (Wildman–Crippen LogP) is 3.20. The number of hydrogen-bond acceptors (Lipinski definition) is 3. The number of rotatable bonds is 7. The van der Waals surface area contributed by atoms with Crippen LogP contribution >= 0.6 is 15.9 Å². The highest BCUT2D eigenvalue weighted by molar-refractivity contribution is 9.09. The van der Waals surface area contributed by atoms with Gasteiger partial charge >= 0.3 is 0 Å². The quantitative estimate of drug-likeness (QED) is 0.568. The van der Waals surface area contributed by atoms with Gasteiger partial charge in [0.05, 0.1) is 13.2 Å². The molecule has 1 aromatic rings. The van der Waals surface area contributed by atoms with Crippen molar-refractivity contribution in [1.82, 2.24) is 0 Å². The SMILES string of the molecule is CCc1cccc(OC2CC(Br)C2OCCOC)c1. The summed E-state index contributed by atoms with van der Waals surface area (Å²) in [5, 5.41) is 0. The zero-order valence-electron chi connectivity index (χ0n) is 11.5. The molecule has 1 saturated carbocycles. The lowest BCUT2D eigenvalue weighted by atomic mass is 9.91. The highest BCUT2D eigenvalue weighted by atomic mass is 79.9. The van der Waals surface area contributed by atoms with Crippen molar-refractivity contribution in [1.29, 1.82) is 0 Å². The third-order valence-electron chi connectivity index (χ3n) is 3.37. The third kappa shape index (κ3) is 3.94. The van der Waals surface area contributed by atoms with Crippen LogP contribution in [0.1, 0.15) is 18.9 Å². The highest BCUT2D eigenvalue weighted by Gasteiger charge is 2.42. The van der Waals surface area contributed by atoms with Crippen molar-refractivity contribution in [3.05, 3.63) is 29.8 Å². The fourth-order valence-corrected chi connectivity index (χ4v) is 3.00. The number of benzene rings is 1. The summed E-state index contributed by atoms with van der Waals surface area (Å²) in [6, 6.07) is 8.27. The van der Waals surface area contributed by atoms with E-state index in [1.54, 1.807) is 7.11 Å². The van der Waals surface area contributed by atoms with E-state index in [-0.39, 0.29) is 12.2 Å². The Hall–Kier alpha value is -0.580. The molecule has 106 valence electrons. The van der Waals surface area contributed by atoms with Gasteiger partial charge in [0.25, 0.3) is 0 Å². The molecule has 0 spiro atoms. The van der Waals surface area contributed by atoms with Crippen molar-refractivity contribution in [2.24, 2.45) is 0 Å². The molecule has 4 heteroatoms. The van der Waals surface area contributed by atoms with E-state index in [9.17, 15) is 0 Å². The van der Waals surface area contributed by atoms with Crippen LogP contribution in [0.4, 0.5) is 0 Å². The van der Waals surface area contributed by atoms with Gasteiger partial charge in [0, 0.05) is 18.4 Å². The molecule has 2 rings (SSSR count). The maximum Gasteiger partial charge on any atom is 0.127 e. The van der Waals surface area contributed by atoms with E-state index in [0.29, 0.717) is 18.0 Å². The predicted molar refractivity (Wildman–Crippen MR) is 79.2 cm³/mol. The first kappa shape index (κ1) is 14.8. The van der Waals surface area contributed by atoms with Gasteiger partial charge < -0.3 is 14.2 Å². The second kappa shape index (κ2) is 7.27. The number of hydrogen-bond donors (Lipinski definition) is 0. The van der Waals surface area contributed by atoms with Crippen LogP contribution in [0.15, 0.2) is 24.3 Å². The van der Waals surface area contributed by atoms with Crippen molar-refractivity contribution < 1.29 is 14.2 Å². The molecular weight excluding hydrogens is 308 g/mol. The van der Waals surface area contributed by atoms with Crippen LogP contribution in [0.2, 0.25) is 0 Å². The Kier molecular flexibility index (Phi) is 5.67. The van der Waals surface area contributed by atoms with Gasteiger partial charge in [-0.1, -0.05) is 35.0 Å². The third-order valence-corrected chi connectivity index (χ3v) is 4.27. The van der Waals surface area contributed by atoms with Gasteiger partial charge in [-0.2, -0.15) is 0 Å². The smallest absolute Gasteiger partial charge is 0.127 e. The van der Waals surface area contributed by atoms with E-state index in [1.807, 2.05) is 12.1 Å². The second-order valence-electron chi connectivity index (χ2n) is 4.74. The minimum atomic E-state index is 0.112. The van der Waals surface area contributed by atoms with Crippen molar-refractivity contribution in [2.75, 3.05) is 20.3 Å². The summed E-state index contributed by atoms with van der Waals surface area (Å²) < 4.78 is 16.8. The van der Waals surface area contributed by atoms with Crippen LogP contribution in [0, 0.1) is 0 Å². The van der Waals surface area contributed by atoms with E-state index in [0.717, 1.165) is 18.6 Å². The lowest BCUT2D eigenvalue weighted by molar-refractivity contribution is -0.0865. The lowest BCUT2D eigenvalue weighted by Gasteiger charge is -2.40. The maximum absolute atomic E-state index is 6.01. The molecule has 0 heterocycles. The summed E-state index contributed by atoms with van der Waals surface area (Å²) in [4.78, 5) is 0.378. The first-order valence-electron chi connectivity index (χ1n) is 6.74. The number of alkyl halides is 1. The standard InChI is InChI=1S/C15H21BrO3/c1-3-11-5-4-6-12(9-11)19-14-10-13(16)15(14)18-8-7-17-2/h4-6,9,13-15H,3,7-8,10H2,1-2H3. The summed E-state index contributed by atoms with van der Waals surface area (Å²) >= 11 is 3.61. The van der Waals surface area contributed by atoms with Crippen molar-refractivity contribution in [2.45, 2.75) is 36.8 Å². The number of aryl methyl sites for hydroxylation is 1. The molecule has 0 N–H and O–H groups in total. The topological polar surface area (TPSA) is 27.7 Å². The highest BCUT2D eigenvalue weighted by Crippen LogP contribution is 2.34. The molecule has 3 nitrogen and oxygen atoms in total. The Bertz CT molecular complexity index is 397. The summed E-state index contributed by atoms with van der Waals surface area (Å²) in [7, 11) is 1.68. The monoisotopic (exact) mass is 328 g/mol. The molecule has 19 heavy (non-hydrogen) atoms. The normalized spacial score (nSPS) is 25.9. The van der Waals surface area contributed by atoms with Gasteiger partial charge in [-0.15, -0.1) is 0 Å². The summed E-state index contributed by atoms with van der Waals surface area (Å²) in [5.74, 6) is 0.934. The summed E-state index contributed by atoms with van der Waals surface area (Å²) in [5.41, 5.74) is 1.30. The maximum atomic E-state index is 6.01.